The molecule has 0 unspecified atom stereocenters. The van der Waals surface area contributed by atoms with Gasteiger partial charge in [-0.2, -0.15) is 0 Å². The second kappa shape index (κ2) is 8.23. The maximum atomic E-state index is 12.8. The lowest BCUT2D eigenvalue weighted by molar-refractivity contribution is -0.137. The smallest absolute Gasteiger partial charge is 0.244 e. The van der Waals surface area contributed by atoms with E-state index in [9.17, 15) is 9.59 Å². The molecule has 2 amide bonds. The Bertz CT molecular complexity index is 791. The predicted octanol–water partition coefficient (Wildman–Crippen LogP) is 3.72. The van der Waals surface area contributed by atoms with E-state index in [4.69, 9.17) is 16.3 Å². The predicted molar refractivity (Wildman–Crippen MR) is 104 cm³/mol. The first-order chi connectivity index (χ1) is 12.3. The summed E-state index contributed by atoms with van der Waals surface area (Å²) in [5, 5.41) is 3.22. The molecular weight excluding hydrogens is 352 g/mol. The lowest BCUT2D eigenvalue weighted by Crippen LogP contribution is -2.44. The molecule has 0 aliphatic rings. The zero-order chi connectivity index (χ0) is 19.3. The summed E-state index contributed by atoms with van der Waals surface area (Å²) in [4.78, 5) is 26.6. The largest absolute Gasteiger partial charge is 0.495 e. The van der Waals surface area contributed by atoms with Crippen LogP contribution in [0.25, 0.3) is 0 Å². The molecular formula is C20H23ClN2O3. The first kappa shape index (κ1) is 19.8. The van der Waals surface area contributed by atoms with Gasteiger partial charge in [0.1, 0.15) is 5.75 Å². The van der Waals surface area contributed by atoms with E-state index in [1.807, 2.05) is 44.2 Å². The molecule has 5 nitrogen and oxygen atoms in total. The number of halogens is 1. The van der Waals surface area contributed by atoms with Crippen LogP contribution in [0.3, 0.4) is 0 Å². The second-order valence-electron chi connectivity index (χ2n) is 6.55. The van der Waals surface area contributed by atoms with Gasteiger partial charge in [0.25, 0.3) is 0 Å². The minimum absolute atomic E-state index is 0.0786. The number of anilines is 1. The van der Waals surface area contributed by atoms with E-state index in [2.05, 4.69) is 5.32 Å². The number of ether oxygens (including phenoxy) is 1. The number of rotatable bonds is 6. The summed E-state index contributed by atoms with van der Waals surface area (Å²) in [7, 11) is 3.12. The molecule has 0 bridgehead atoms. The first-order valence-electron chi connectivity index (χ1n) is 8.20. The molecule has 0 aromatic heterocycles. The molecule has 2 aromatic carbocycles. The molecule has 0 fully saturated rings. The van der Waals surface area contributed by atoms with Crippen LogP contribution in [-0.2, 0) is 15.0 Å². The van der Waals surface area contributed by atoms with Crippen LogP contribution in [0.15, 0.2) is 48.5 Å². The van der Waals surface area contributed by atoms with E-state index in [-0.39, 0.29) is 18.4 Å². The molecule has 0 aliphatic carbocycles. The summed E-state index contributed by atoms with van der Waals surface area (Å²) in [5.41, 5.74) is 0.631. The number of nitrogens with zero attached hydrogens (tertiary/aromatic N) is 1. The Morgan fingerprint density at radius 1 is 1.15 bits per heavy atom. The molecule has 6 heteroatoms. The van der Waals surface area contributed by atoms with Crippen molar-refractivity contribution in [3.8, 4) is 5.75 Å². The maximum absolute atomic E-state index is 12.8. The minimum Gasteiger partial charge on any atom is -0.495 e. The summed E-state index contributed by atoms with van der Waals surface area (Å²) in [6, 6.07) is 14.4. The van der Waals surface area contributed by atoms with E-state index in [1.54, 1.807) is 25.2 Å². The van der Waals surface area contributed by atoms with Crippen LogP contribution in [-0.4, -0.2) is 37.4 Å². The molecule has 0 saturated carbocycles. The molecule has 0 radical (unpaired) electrons. The molecule has 26 heavy (non-hydrogen) atoms. The van der Waals surface area contributed by atoms with Crippen LogP contribution in [0.4, 0.5) is 5.69 Å². The zero-order valence-electron chi connectivity index (χ0n) is 15.4. The Labute approximate surface area is 158 Å². The van der Waals surface area contributed by atoms with Crippen molar-refractivity contribution in [2.24, 2.45) is 0 Å². The van der Waals surface area contributed by atoms with Gasteiger partial charge in [0.15, 0.2) is 0 Å². The summed E-state index contributed by atoms with van der Waals surface area (Å²) in [5.74, 6) is 0.0310. The molecule has 0 spiro atoms. The fraction of sp³-hybridized carbons (Fsp3) is 0.300. The van der Waals surface area contributed by atoms with E-state index >= 15 is 0 Å². The normalized spacial score (nSPS) is 11.0. The summed E-state index contributed by atoms with van der Waals surface area (Å²) >= 11 is 5.97. The Morgan fingerprint density at radius 2 is 1.81 bits per heavy atom. The average molecular weight is 375 g/mol. The lowest BCUT2D eigenvalue weighted by Gasteiger charge is -2.29. The third-order valence-corrected chi connectivity index (χ3v) is 4.43. The van der Waals surface area contributed by atoms with Crippen LogP contribution >= 0.6 is 11.6 Å². The van der Waals surface area contributed by atoms with Crippen molar-refractivity contribution in [3.63, 3.8) is 0 Å². The Balaban J connectivity index is 2.07. The Hall–Kier alpha value is -2.53. The number of carbonyl (C=O) groups excluding carboxylic acids is 2. The van der Waals surface area contributed by atoms with Crippen LogP contribution < -0.4 is 10.1 Å². The van der Waals surface area contributed by atoms with Gasteiger partial charge in [0.2, 0.25) is 11.8 Å². The van der Waals surface area contributed by atoms with Crippen LogP contribution in [0.2, 0.25) is 5.02 Å². The summed E-state index contributed by atoms with van der Waals surface area (Å²) < 4.78 is 5.21. The fourth-order valence-electron chi connectivity index (χ4n) is 2.71. The van der Waals surface area contributed by atoms with Crippen molar-refractivity contribution in [2.75, 3.05) is 26.0 Å². The van der Waals surface area contributed by atoms with Gasteiger partial charge in [0, 0.05) is 12.1 Å². The van der Waals surface area contributed by atoms with Crippen LogP contribution in [0.1, 0.15) is 19.4 Å². The van der Waals surface area contributed by atoms with E-state index < -0.39 is 5.41 Å². The monoisotopic (exact) mass is 374 g/mol. The van der Waals surface area contributed by atoms with Gasteiger partial charge in [0.05, 0.1) is 24.8 Å². The zero-order valence-corrected chi connectivity index (χ0v) is 16.1. The molecule has 138 valence electrons. The highest BCUT2D eigenvalue weighted by atomic mass is 35.5. The summed E-state index contributed by atoms with van der Waals surface area (Å²) in [6.45, 7) is 3.61. The van der Waals surface area contributed by atoms with E-state index in [1.165, 1.54) is 12.0 Å². The molecule has 0 saturated heterocycles. The third-order valence-electron chi connectivity index (χ3n) is 4.19. The number of methoxy groups -OCH3 is 1. The standard InChI is InChI=1S/C20H23ClN2O3/c1-20(2,14-8-6-5-7-9-14)19(25)23(3)13-18(24)22-16-12-15(21)10-11-17(16)26-4/h5-12H,13H2,1-4H3,(H,22,24). The highest BCUT2D eigenvalue weighted by Gasteiger charge is 2.32. The van der Waals surface area contributed by atoms with Crippen molar-refractivity contribution in [3.05, 3.63) is 59.1 Å². The second-order valence-corrected chi connectivity index (χ2v) is 6.98. The molecule has 0 atom stereocenters. The average Bonchev–Trinajstić information content (AvgIpc) is 2.61. The lowest BCUT2D eigenvalue weighted by atomic mass is 9.83. The number of amides is 2. The van der Waals surface area contributed by atoms with Crippen molar-refractivity contribution in [2.45, 2.75) is 19.3 Å². The van der Waals surface area contributed by atoms with Gasteiger partial charge < -0.3 is 15.0 Å². The maximum Gasteiger partial charge on any atom is 0.244 e. The van der Waals surface area contributed by atoms with Crippen LogP contribution in [0, 0.1) is 0 Å². The Kier molecular flexibility index (Phi) is 6.27. The van der Waals surface area contributed by atoms with Gasteiger partial charge >= 0.3 is 0 Å². The number of likely N-dealkylation sites (N-methyl/N-ethyl adjacent to an activating group) is 1. The van der Waals surface area contributed by atoms with E-state index in [0.717, 1.165) is 5.56 Å². The molecule has 0 heterocycles. The molecule has 2 rings (SSSR count). The molecule has 1 N–H and O–H groups in total. The Morgan fingerprint density at radius 3 is 2.42 bits per heavy atom. The number of hydrogen-bond acceptors (Lipinski definition) is 3. The summed E-state index contributed by atoms with van der Waals surface area (Å²) in [6.07, 6.45) is 0. The number of carbonyl (C=O) groups is 2. The van der Waals surface area contributed by atoms with Gasteiger partial charge in [-0.25, -0.2) is 0 Å². The SMILES string of the molecule is COc1ccc(Cl)cc1NC(=O)CN(C)C(=O)C(C)(C)c1ccccc1. The third kappa shape index (κ3) is 4.55. The highest BCUT2D eigenvalue weighted by molar-refractivity contribution is 6.31. The van der Waals surface area contributed by atoms with Crippen molar-refractivity contribution in [1.29, 1.82) is 0 Å². The van der Waals surface area contributed by atoms with Gasteiger partial charge in [-0.15, -0.1) is 0 Å². The van der Waals surface area contributed by atoms with Crippen LogP contribution in [0.5, 0.6) is 5.75 Å². The van der Waals surface area contributed by atoms with Crippen molar-refractivity contribution >= 4 is 29.1 Å². The topological polar surface area (TPSA) is 58.6 Å². The van der Waals surface area contributed by atoms with Crippen molar-refractivity contribution in [1.82, 2.24) is 4.90 Å². The van der Waals surface area contributed by atoms with Gasteiger partial charge in [-0.1, -0.05) is 41.9 Å². The first-order valence-corrected chi connectivity index (χ1v) is 8.58. The van der Waals surface area contributed by atoms with Gasteiger partial charge in [-0.05, 0) is 37.6 Å². The highest BCUT2D eigenvalue weighted by Crippen LogP contribution is 2.28. The number of nitrogens with one attached hydrogen (secondary N) is 1. The quantitative estimate of drug-likeness (QED) is 0.838. The van der Waals surface area contributed by atoms with Crippen molar-refractivity contribution < 1.29 is 14.3 Å². The minimum atomic E-state index is -0.732. The van der Waals surface area contributed by atoms with E-state index in [0.29, 0.717) is 16.5 Å². The molecule has 2 aromatic rings. The molecule has 0 aliphatic heterocycles. The fourth-order valence-corrected chi connectivity index (χ4v) is 2.88. The number of hydrogen-bond donors (Lipinski definition) is 1. The van der Waals surface area contributed by atoms with Gasteiger partial charge in [-0.3, -0.25) is 9.59 Å². The number of benzene rings is 2.